The molecule has 4 rings (SSSR count). The molecule has 7 nitrogen and oxygen atoms in total. The van der Waals surface area contributed by atoms with Crippen LogP contribution in [0, 0.1) is 6.92 Å². The molecule has 0 radical (unpaired) electrons. The number of hydrogen-bond acceptors (Lipinski definition) is 5. The number of nitrogens with zero attached hydrogens (tertiary/aromatic N) is 3. The number of rotatable bonds is 4. The summed E-state index contributed by atoms with van der Waals surface area (Å²) < 4.78 is 65.1. The zero-order valence-electron chi connectivity index (χ0n) is 17.6. The second-order valence-corrected chi connectivity index (χ2v) is 8.43. The highest BCUT2D eigenvalue weighted by atomic mass is 32.2. The van der Waals surface area contributed by atoms with Crippen molar-refractivity contribution < 1.29 is 30.9 Å². The lowest BCUT2D eigenvalue weighted by Crippen LogP contribution is -2.21. The summed E-state index contributed by atoms with van der Waals surface area (Å²) in [4.78, 5) is 0. The lowest BCUT2D eigenvalue weighted by Gasteiger charge is -2.18. The summed E-state index contributed by atoms with van der Waals surface area (Å²) in [7, 11) is -4.14. The van der Waals surface area contributed by atoms with Gasteiger partial charge in [0.2, 0.25) is 0 Å². The number of fused-ring (bicyclic) bond motifs is 1. The van der Waals surface area contributed by atoms with Gasteiger partial charge in [-0.3, -0.25) is 4.55 Å². The molecule has 0 spiro atoms. The third-order valence-electron chi connectivity index (χ3n) is 4.74. The molecule has 4 aromatic rings. The van der Waals surface area contributed by atoms with Gasteiger partial charge in [0.25, 0.3) is 0 Å². The summed E-state index contributed by atoms with van der Waals surface area (Å²) in [5.41, 5.74) is -1.40. The summed E-state index contributed by atoms with van der Waals surface area (Å²) in [6, 6.07) is 22.7. The van der Waals surface area contributed by atoms with Gasteiger partial charge < -0.3 is 4.74 Å². The number of halogens is 3. The number of ether oxygens (including phenoxy) is 1. The molecule has 1 unspecified atom stereocenters. The van der Waals surface area contributed by atoms with Crippen molar-refractivity contribution in [2.45, 2.75) is 18.7 Å². The largest absolute Gasteiger partial charge is 0.522 e. The molecule has 33 heavy (non-hydrogen) atoms. The Hall–Kier alpha value is -3.28. The fourth-order valence-corrected chi connectivity index (χ4v) is 3.15. The predicted octanol–water partition coefficient (Wildman–Crippen LogP) is 4.99. The van der Waals surface area contributed by atoms with E-state index in [4.69, 9.17) is 17.7 Å². The molecule has 0 bridgehead atoms. The van der Waals surface area contributed by atoms with E-state index >= 15 is 0 Å². The van der Waals surface area contributed by atoms with Crippen LogP contribution in [-0.4, -0.2) is 40.6 Å². The number of benzene rings is 3. The molecule has 1 atom stereocenters. The first-order chi connectivity index (χ1) is 15.5. The van der Waals surface area contributed by atoms with Crippen LogP contribution >= 0.6 is 0 Å². The van der Waals surface area contributed by atoms with Crippen molar-refractivity contribution in [2.75, 3.05) is 7.11 Å². The highest BCUT2D eigenvalue weighted by Crippen LogP contribution is 2.28. The summed E-state index contributed by atoms with van der Waals surface area (Å²) in [6.07, 6.45) is 1.62. The van der Waals surface area contributed by atoms with Crippen LogP contribution in [-0.2, 0) is 14.9 Å². The molecule has 1 aromatic heterocycles. The van der Waals surface area contributed by atoms with Crippen molar-refractivity contribution in [3.05, 3.63) is 84.1 Å². The average Bonchev–Trinajstić information content (AvgIpc) is 3.24. The summed E-state index contributed by atoms with van der Waals surface area (Å²) in [5, 5.41) is 11.0. The van der Waals surface area contributed by atoms with Crippen LogP contribution in [0.25, 0.3) is 22.0 Å². The van der Waals surface area contributed by atoms with Crippen molar-refractivity contribution in [3.63, 3.8) is 0 Å². The van der Waals surface area contributed by atoms with E-state index in [9.17, 15) is 13.2 Å². The van der Waals surface area contributed by atoms with Gasteiger partial charge in [-0.1, -0.05) is 65.9 Å². The molecule has 174 valence electrons. The molecule has 3 aromatic carbocycles. The lowest BCUT2D eigenvalue weighted by molar-refractivity contribution is -0.0510. The van der Waals surface area contributed by atoms with Gasteiger partial charge in [-0.25, -0.2) is 4.68 Å². The minimum Gasteiger partial charge on any atom is -0.355 e. The molecular weight excluding hydrogens is 459 g/mol. The van der Waals surface area contributed by atoms with Crippen molar-refractivity contribution in [1.82, 2.24) is 15.0 Å². The van der Waals surface area contributed by atoms with E-state index in [1.807, 2.05) is 42.6 Å². The van der Waals surface area contributed by atoms with E-state index in [-0.39, 0.29) is 6.23 Å². The first kappa shape index (κ1) is 24.4. The Morgan fingerprint density at radius 2 is 1.55 bits per heavy atom. The van der Waals surface area contributed by atoms with Crippen molar-refractivity contribution in [1.29, 1.82) is 0 Å². The molecule has 11 heteroatoms. The maximum atomic E-state index is 10.7. The molecule has 0 amide bonds. The molecule has 0 saturated heterocycles. The first-order valence-electron chi connectivity index (χ1n) is 9.54. The molecule has 0 fully saturated rings. The zero-order valence-corrected chi connectivity index (χ0v) is 18.4. The van der Waals surface area contributed by atoms with Crippen LogP contribution in [0.3, 0.4) is 0 Å². The molecule has 0 aliphatic carbocycles. The third kappa shape index (κ3) is 5.75. The van der Waals surface area contributed by atoms with Gasteiger partial charge in [0.05, 0.1) is 6.20 Å². The van der Waals surface area contributed by atoms with Gasteiger partial charge >= 0.3 is 15.6 Å². The highest BCUT2D eigenvalue weighted by Gasteiger charge is 2.44. The van der Waals surface area contributed by atoms with Crippen LogP contribution in [0.4, 0.5) is 13.2 Å². The average molecular weight is 479 g/mol. The van der Waals surface area contributed by atoms with Crippen LogP contribution in [0.2, 0.25) is 0 Å². The van der Waals surface area contributed by atoms with E-state index in [0.29, 0.717) is 0 Å². The van der Waals surface area contributed by atoms with Gasteiger partial charge in [0.1, 0.15) is 5.69 Å². The van der Waals surface area contributed by atoms with Crippen molar-refractivity contribution >= 4 is 20.9 Å². The molecular formula is C22H20F3N3O4S. The van der Waals surface area contributed by atoms with Gasteiger partial charge in [0, 0.05) is 18.2 Å². The minimum atomic E-state index is -5.84. The van der Waals surface area contributed by atoms with Gasteiger partial charge in [-0.05, 0) is 29.3 Å². The van der Waals surface area contributed by atoms with Crippen LogP contribution in [0.1, 0.15) is 17.4 Å². The van der Waals surface area contributed by atoms with Crippen LogP contribution < -0.4 is 0 Å². The van der Waals surface area contributed by atoms with Crippen molar-refractivity contribution in [3.8, 4) is 11.3 Å². The molecule has 0 aliphatic heterocycles. The Balaban J connectivity index is 0.000000331. The number of aryl methyl sites for hydroxylation is 1. The number of aromatic nitrogens is 3. The van der Waals surface area contributed by atoms with E-state index in [0.717, 1.165) is 16.8 Å². The topological polar surface area (TPSA) is 94.3 Å². The highest BCUT2D eigenvalue weighted by molar-refractivity contribution is 7.86. The monoisotopic (exact) mass is 479 g/mol. The smallest absolute Gasteiger partial charge is 0.355 e. The summed E-state index contributed by atoms with van der Waals surface area (Å²) in [6.45, 7) is 2.10. The number of hydrogen-bond donors (Lipinski definition) is 1. The normalized spacial score (nSPS) is 12.8. The van der Waals surface area contributed by atoms with Gasteiger partial charge in [-0.2, -0.15) is 21.6 Å². The standard InChI is InChI=1S/C21H19N3O.CHF3O3S/c1-15-12-17-10-6-7-11-18(17)13-19(15)21(25-2)24-14-20(22-23-24)16-8-4-3-5-9-16;2-1(3,4)8(5,6)7/h3-14,21H,1-2H3;(H,5,6,7). The quantitative estimate of drug-likeness (QED) is 0.327. The van der Waals surface area contributed by atoms with Gasteiger partial charge in [-0.15, -0.1) is 5.10 Å². The van der Waals surface area contributed by atoms with E-state index in [1.165, 1.54) is 16.3 Å². The fraction of sp³-hybridized carbons (Fsp3) is 0.182. The Bertz CT molecular complexity index is 1340. The summed E-state index contributed by atoms with van der Waals surface area (Å²) in [5.74, 6) is 0. The van der Waals surface area contributed by atoms with E-state index in [1.54, 1.807) is 11.8 Å². The predicted molar refractivity (Wildman–Crippen MR) is 117 cm³/mol. The van der Waals surface area contributed by atoms with Crippen molar-refractivity contribution in [2.24, 2.45) is 0 Å². The Labute approximate surface area is 188 Å². The Kier molecular flexibility index (Phi) is 7.15. The fourth-order valence-electron chi connectivity index (χ4n) is 3.15. The lowest BCUT2D eigenvalue weighted by atomic mass is 10.0. The van der Waals surface area contributed by atoms with E-state index in [2.05, 4.69) is 47.6 Å². The molecule has 0 aliphatic rings. The minimum absolute atomic E-state index is 0.311. The first-order valence-corrected chi connectivity index (χ1v) is 11.0. The molecule has 1 N–H and O–H groups in total. The van der Waals surface area contributed by atoms with E-state index < -0.39 is 15.6 Å². The zero-order chi connectivity index (χ0) is 24.2. The second kappa shape index (κ2) is 9.69. The maximum Gasteiger partial charge on any atom is 0.522 e. The number of methoxy groups -OCH3 is 1. The number of alkyl halides is 3. The molecule has 1 heterocycles. The molecule has 0 saturated carbocycles. The SMILES string of the molecule is COC(c1cc2ccccc2cc1C)n1cc(-c2ccccc2)nn1.O=S(=O)(O)C(F)(F)F. The van der Waals surface area contributed by atoms with Gasteiger partial charge in [0.15, 0.2) is 6.23 Å². The Morgan fingerprint density at radius 1 is 1.00 bits per heavy atom. The third-order valence-corrected chi connectivity index (χ3v) is 5.32. The summed E-state index contributed by atoms with van der Waals surface area (Å²) >= 11 is 0. The maximum absolute atomic E-state index is 10.7. The van der Waals surface area contributed by atoms with Crippen LogP contribution in [0.5, 0.6) is 0 Å². The van der Waals surface area contributed by atoms with Crippen LogP contribution in [0.15, 0.2) is 72.9 Å². The second-order valence-electron chi connectivity index (χ2n) is 7.01. The Morgan fingerprint density at radius 3 is 2.09 bits per heavy atom.